The Morgan fingerprint density at radius 1 is 1.15 bits per heavy atom. The smallest absolute Gasteiger partial charge is 0.131 e. The summed E-state index contributed by atoms with van der Waals surface area (Å²) in [5.74, 6) is 0.851. The molecule has 0 fully saturated rings. The van der Waals surface area contributed by atoms with Gasteiger partial charge in [0.15, 0.2) is 0 Å². The molecule has 0 amide bonds. The van der Waals surface area contributed by atoms with E-state index < -0.39 is 0 Å². The lowest BCUT2D eigenvalue weighted by Crippen LogP contribution is -2.02. The zero-order chi connectivity index (χ0) is 14.7. The number of rotatable bonds is 4. The van der Waals surface area contributed by atoms with Crippen LogP contribution in [0.3, 0.4) is 0 Å². The van der Waals surface area contributed by atoms with E-state index in [0.29, 0.717) is 16.5 Å². The van der Waals surface area contributed by atoms with Crippen LogP contribution in [0.2, 0.25) is 5.02 Å². The molecule has 106 valence electrons. The Morgan fingerprint density at radius 3 is 2.35 bits per heavy atom. The Kier molecular flexibility index (Phi) is 4.90. The van der Waals surface area contributed by atoms with Gasteiger partial charge in [0.05, 0.1) is 5.02 Å². The summed E-state index contributed by atoms with van der Waals surface area (Å²) in [5.41, 5.74) is 3.37. The largest absolute Gasteiger partial charge is 0.488 e. The molecule has 0 heterocycles. The Bertz CT molecular complexity index is 583. The molecule has 20 heavy (non-hydrogen) atoms. The van der Waals surface area contributed by atoms with E-state index in [-0.39, 0.29) is 12.4 Å². The molecule has 4 heteroatoms. The lowest BCUT2D eigenvalue weighted by Gasteiger charge is -2.14. The molecule has 0 aliphatic carbocycles. The fraction of sp³-hybridized carbons (Fsp3) is 0.250. The first-order valence-electron chi connectivity index (χ1n) is 6.24. The molecule has 0 radical (unpaired) electrons. The standard InChI is InChI=1S/C16H15Cl2FO/c1-10-6-12(8-17)7-11(2)16(10)20-9-13-14(18)4-3-5-15(13)19/h3-7H,8-9H2,1-2H3. The lowest BCUT2D eigenvalue weighted by atomic mass is 10.1. The minimum atomic E-state index is -0.356. The number of halogens is 3. The maximum atomic E-state index is 13.7. The molecule has 0 saturated heterocycles. The van der Waals surface area contributed by atoms with Crippen molar-refractivity contribution in [1.82, 2.24) is 0 Å². The highest BCUT2D eigenvalue weighted by Crippen LogP contribution is 2.28. The van der Waals surface area contributed by atoms with Gasteiger partial charge in [0.25, 0.3) is 0 Å². The van der Waals surface area contributed by atoms with Gasteiger partial charge in [0.1, 0.15) is 18.2 Å². The second-order valence-corrected chi connectivity index (χ2v) is 5.36. The molecule has 0 unspecified atom stereocenters. The van der Waals surface area contributed by atoms with E-state index in [4.69, 9.17) is 27.9 Å². The van der Waals surface area contributed by atoms with Gasteiger partial charge in [-0.1, -0.05) is 29.8 Å². The first kappa shape index (κ1) is 15.1. The van der Waals surface area contributed by atoms with Crippen molar-refractivity contribution in [3.63, 3.8) is 0 Å². The fourth-order valence-corrected chi connectivity index (χ4v) is 2.53. The highest BCUT2D eigenvalue weighted by atomic mass is 35.5. The summed E-state index contributed by atoms with van der Waals surface area (Å²) >= 11 is 11.8. The highest BCUT2D eigenvalue weighted by Gasteiger charge is 2.11. The summed E-state index contributed by atoms with van der Waals surface area (Å²) < 4.78 is 19.4. The SMILES string of the molecule is Cc1cc(CCl)cc(C)c1OCc1c(F)cccc1Cl. The van der Waals surface area contributed by atoms with Gasteiger partial charge in [0.2, 0.25) is 0 Å². The third-order valence-corrected chi connectivity index (χ3v) is 3.76. The van der Waals surface area contributed by atoms with Gasteiger partial charge >= 0.3 is 0 Å². The number of aryl methyl sites for hydroxylation is 2. The second kappa shape index (κ2) is 6.47. The Labute approximate surface area is 128 Å². The van der Waals surface area contributed by atoms with Crippen LogP contribution in [0.15, 0.2) is 30.3 Å². The van der Waals surface area contributed by atoms with Crippen molar-refractivity contribution >= 4 is 23.2 Å². The summed E-state index contributed by atoms with van der Waals surface area (Å²) in [6.45, 7) is 4.00. The van der Waals surface area contributed by atoms with E-state index in [1.54, 1.807) is 12.1 Å². The minimum Gasteiger partial charge on any atom is -0.488 e. The van der Waals surface area contributed by atoms with Crippen LogP contribution < -0.4 is 4.74 Å². The number of hydrogen-bond acceptors (Lipinski definition) is 1. The molecule has 0 bridgehead atoms. The molecule has 1 nitrogen and oxygen atoms in total. The first-order valence-corrected chi connectivity index (χ1v) is 7.16. The van der Waals surface area contributed by atoms with Gasteiger partial charge in [-0.2, -0.15) is 0 Å². The normalized spacial score (nSPS) is 10.7. The zero-order valence-electron chi connectivity index (χ0n) is 11.3. The molecule has 0 saturated carbocycles. The van der Waals surface area contributed by atoms with Crippen LogP contribution in [0.4, 0.5) is 4.39 Å². The average molecular weight is 313 g/mol. The van der Waals surface area contributed by atoms with Crippen molar-refractivity contribution in [1.29, 1.82) is 0 Å². The Morgan fingerprint density at radius 2 is 1.80 bits per heavy atom. The van der Waals surface area contributed by atoms with Crippen molar-refractivity contribution in [2.24, 2.45) is 0 Å². The average Bonchev–Trinajstić information content (AvgIpc) is 2.40. The van der Waals surface area contributed by atoms with Gasteiger partial charge in [-0.3, -0.25) is 0 Å². The maximum absolute atomic E-state index is 13.7. The molecule has 2 aromatic carbocycles. The number of benzene rings is 2. The van der Waals surface area contributed by atoms with Gasteiger partial charge in [-0.05, 0) is 42.7 Å². The summed E-state index contributed by atoms with van der Waals surface area (Å²) in [6, 6.07) is 8.55. The summed E-state index contributed by atoms with van der Waals surface area (Å²) in [6.07, 6.45) is 0. The zero-order valence-corrected chi connectivity index (χ0v) is 12.9. The molecule has 0 spiro atoms. The van der Waals surface area contributed by atoms with E-state index in [0.717, 1.165) is 22.4 Å². The van der Waals surface area contributed by atoms with Crippen molar-refractivity contribution in [2.75, 3.05) is 0 Å². The van der Waals surface area contributed by atoms with Crippen LogP contribution in [0.1, 0.15) is 22.3 Å². The van der Waals surface area contributed by atoms with Gasteiger partial charge in [-0.15, -0.1) is 11.6 Å². The number of hydrogen-bond donors (Lipinski definition) is 0. The Hall–Kier alpha value is -1.25. The highest BCUT2D eigenvalue weighted by molar-refractivity contribution is 6.31. The molecular formula is C16H15Cl2FO. The second-order valence-electron chi connectivity index (χ2n) is 4.68. The lowest BCUT2D eigenvalue weighted by molar-refractivity contribution is 0.296. The fourth-order valence-electron chi connectivity index (χ4n) is 2.16. The van der Waals surface area contributed by atoms with Crippen LogP contribution >= 0.6 is 23.2 Å². The maximum Gasteiger partial charge on any atom is 0.131 e. The third-order valence-electron chi connectivity index (χ3n) is 3.10. The first-order chi connectivity index (χ1) is 9.52. The molecule has 0 N–H and O–H groups in total. The molecule has 0 aliphatic rings. The van der Waals surface area contributed by atoms with E-state index in [9.17, 15) is 4.39 Å². The van der Waals surface area contributed by atoms with E-state index >= 15 is 0 Å². The molecule has 0 aliphatic heterocycles. The van der Waals surface area contributed by atoms with Crippen molar-refractivity contribution < 1.29 is 9.13 Å². The molecule has 2 rings (SSSR count). The van der Waals surface area contributed by atoms with Crippen LogP contribution in [0, 0.1) is 19.7 Å². The molecule has 2 aromatic rings. The topological polar surface area (TPSA) is 9.23 Å². The van der Waals surface area contributed by atoms with Gasteiger partial charge < -0.3 is 4.74 Å². The van der Waals surface area contributed by atoms with Crippen molar-refractivity contribution in [2.45, 2.75) is 26.3 Å². The predicted molar refractivity (Wildman–Crippen MR) is 81.2 cm³/mol. The van der Waals surface area contributed by atoms with Crippen LogP contribution in [0.25, 0.3) is 0 Å². The summed E-state index contributed by atoms with van der Waals surface area (Å²) in [4.78, 5) is 0. The van der Waals surface area contributed by atoms with Gasteiger partial charge in [-0.25, -0.2) is 4.39 Å². The Balaban J connectivity index is 2.23. The van der Waals surface area contributed by atoms with E-state index in [1.165, 1.54) is 6.07 Å². The van der Waals surface area contributed by atoms with E-state index in [1.807, 2.05) is 26.0 Å². The number of ether oxygens (including phenoxy) is 1. The van der Waals surface area contributed by atoms with Crippen molar-refractivity contribution in [3.8, 4) is 5.75 Å². The minimum absolute atomic E-state index is 0.105. The molecular weight excluding hydrogens is 298 g/mol. The quantitative estimate of drug-likeness (QED) is 0.685. The van der Waals surface area contributed by atoms with Gasteiger partial charge in [0, 0.05) is 11.4 Å². The van der Waals surface area contributed by atoms with E-state index in [2.05, 4.69) is 0 Å². The predicted octanol–water partition coefficient (Wildman–Crippen LogP) is 5.41. The monoisotopic (exact) mass is 312 g/mol. The van der Waals surface area contributed by atoms with Crippen LogP contribution in [0.5, 0.6) is 5.75 Å². The van der Waals surface area contributed by atoms with Crippen LogP contribution in [-0.4, -0.2) is 0 Å². The summed E-state index contributed by atoms with van der Waals surface area (Å²) in [7, 11) is 0. The number of alkyl halides is 1. The third kappa shape index (κ3) is 3.25. The van der Waals surface area contributed by atoms with Crippen LogP contribution in [-0.2, 0) is 12.5 Å². The molecule has 0 aromatic heterocycles. The molecule has 0 atom stereocenters. The summed E-state index contributed by atoms with van der Waals surface area (Å²) in [5, 5.41) is 0.373. The van der Waals surface area contributed by atoms with Crippen molar-refractivity contribution in [3.05, 3.63) is 63.4 Å².